The molecule has 0 fully saturated rings. The molecule has 2 aromatic rings. The lowest BCUT2D eigenvalue weighted by Gasteiger charge is -2.07. The van der Waals surface area contributed by atoms with Crippen molar-refractivity contribution in [1.82, 2.24) is 4.98 Å². The number of halogens is 3. The molecule has 5 heteroatoms. The van der Waals surface area contributed by atoms with E-state index in [0.717, 1.165) is 17.7 Å². The molecule has 0 aliphatic heterocycles. The van der Waals surface area contributed by atoms with Crippen molar-refractivity contribution in [3.8, 4) is 0 Å². The van der Waals surface area contributed by atoms with Gasteiger partial charge in [0.1, 0.15) is 0 Å². The molecular formula is C13H10F3NS. The highest BCUT2D eigenvalue weighted by molar-refractivity contribution is 7.98. The van der Waals surface area contributed by atoms with Crippen molar-refractivity contribution in [2.75, 3.05) is 0 Å². The first kappa shape index (κ1) is 13.0. The molecule has 0 N–H and O–H groups in total. The van der Waals surface area contributed by atoms with Crippen LogP contribution in [-0.2, 0) is 11.9 Å². The van der Waals surface area contributed by atoms with Crippen molar-refractivity contribution in [1.29, 1.82) is 0 Å². The Morgan fingerprint density at radius 2 is 1.78 bits per heavy atom. The molecule has 0 spiro atoms. The van der Waals surface area contributed by atoms with Crippen LogP contribution in [0.3, 0.4) is 0 Å². The molecule has 94 valence electrons. The van der Waals surface area contributed by atoms with E-state index in [2.05, 4.69) is 4.98 Å². The van der Waals surface area contributed by atoms with Crippen LogP contribution >= 0.6 is 11.8 Å². The Morgan fingerprint density at radius 1 is 1.06 bits per heavy atom. The van der Waals surface area contributed by atoms with Crippen LogP contribution in [0.1, 0.15) is 11.1 Å². The van der Waals surface area contributed by atoms with Gasteiger partial charge in [-0.3, -0.25) is 0 Å². The van der Waals surface area contributed by atoms with Gasteiger partial charge < -0.3 is 0 Å². The van der Waals surface area contributed by atoms with Gasteiger partial charge in [0.15, 0.2) is 0 Å². The van der Waals surface area contributed by atoms with E-state index in [0.29, 0.717) is 10.8 Å². The van der Waals surface area contributed by atoms with Gasteiger partial charge in [-0.25, -0.2) is 4.98 Å². The minimum atomic E-state index is -4.31. The number of alkyl halides is 3. The highest BCUT2D eigenvalue weighted by Crippen LogP contribution is 2.31. The number of rotatable bonds is 3. The molecule has 1 heterocycles. The number of nitrogens with zero attached hydrogens (tertiary/aromatic N) is 1. The third-order valence-electron chi connectivity index (χ3n) is 2.29. The molecule has 2 rings (SSSR count). The quantitative estimate of drug-likeness (QED) is 0.766. The average molecular weight is 269 g/mol. The summed E-state index contributed by atoms with van der Waals surface area (Å²) in [4.78, 5) is 3.93. The summed E-state index contributed by atoms with van der Waals surface area (Å²) in [5.74, 6) is 0.606. The van der Waals surface area contributed by atoms with E-state index in [-0.39, 0.29) is 0 Å². The van der Waals surface area contributed by atoms with Gasteiger partial charge in [0.2, 0.25) is 0 Å². The second kappa shape index (κ2) is 5.44. The van der Waals surface area contributed by atoms with E-state index in [1.165, 1.54) is 18.0 Å². The molecule has 0 aliphatic carbocycles. The van der Waals surface area contributed by atoms with Crippen LogP contribution in [0, 0.1) is 0 Å². The van der Waals surface area contributed by atoms with Crippen LogP contribution in [0.15, 0.2) is 53.7 Å². The fraction of sp³-hybridized carbons (Fsp3) is 0.154. The standard InChI is InChI=1S/C13H10F3NS/c14-13(15,16)11-6-7-17-12(8-11)18-9-10-4-2-1-3-5-10/h1-8H,9H2. The molecule has 1 aromatic carbocycles. The smallest absolute Gasteiger partial charge is 0.250 e. The molecule has 0 amide bonds. The second-order valence-electron chi connectivity index (χ2n) is 3.65. The van der Waals surface area contributed by atoms with Crippen LogP contribution in [0.25, 0.3) is 0 Å². The first-order valence-corrected chi connectivity index (χ1v) is 6.24. The fourth-order valence-corrected chi connectivity index (χ4v) is 2.25. The zero-order valence-corrected chi connectivity index (χ0v) is 10.1. The third-order valence-corrected chi connectivity index (χ3v) is 3.29. The molecule has 0 bridgehead atoms. The topological polar surface area (TPSA) is 12.9 Å². The number of hydrogen-bond acceptors (Lipinski definition) is 2. The molecule has 1 nitrogen and oxygen atoms in total. The predicted octanol–water partition coefficient (Wildman–Crippen LogP) is 4.39. The summed E-state index contributed by atoms with van der Waals surface area (Å²) in [6.07, 6.45) is -3.12. The van der Waals surface area contributed by atoms with Crippen LogP contribution in [0.4, 0.5) is 13.2 Å². The number of thioether (sulfide) groups is 1. The highest BCUT2D eigenvalue weighted by Gasteiger charge is 2.30. The zero-order chi connectivity index (χ0) is 13.0. The summed E-state index contributed by atoms with van der Waals surface area (Å²) in [7, 11) is 0. The Bertz CT molecular complexity index is 511. The maximum Gasteiger partial charge on any atom is 0.416 e. The monoisotopic (exact) mass is 269 g/mol. The summed E-state index contributed by atoms with van der Waals surface area (Å²) in [6, 6.07) is 11.6. The van der Waals surface area contributed by atoms with E-state index in [1.54, 1.807) is 0 Å². The Morgan fingerprint density at radius 3 is 2.44 bits per heavy atom. The summed E-state index contributed by atoms with van der Waals surface area (Å²) in [6.45, 7) is 0. The summed E-state index contributed by atoms with van der Waals surface area (Å²) in [5, 5.41) is 0.383. The SMILES string of the molecule is FC(F)(F)c1ccnc(SCc2ccccc2)c1. The minimum Gasteiger partial charge on any atom is -0.250 e. The molecule has 0 unspecified atom stereocenters. The maximum atomic E-state index is 12.5. The Hall–Kier alpha value is -1.49. The van der Waals surface area contributed by atoms with Gasteiger partial charge in [-0.1, -0.05) is 30.3 Å². The normalized spacial score (nSPS) is 11.5. The molecule has 0 radical (unpaired) electrons. The minimum absolute atomic E-state index is 0.383. The fourth-order valence-electron chi connectivity index (χ4n) is 1.40. The first-order chi connectivity index (χ1) is 8.55. The van der Waals surface area contributed by atoms with Crippen LogP contribution < -0.4 is 0 Å². The summed E-state index contributed by atoms with van der Waals surface area (Å²) < 4.78 is 37.5. The van der Waals surface area contributed by atoms with E-state index in [4.69, 9.17) is 0 Å². The van der Waals surface area contributed by atoms with E-state index < -0.39 is 11.7 Å². The van der Waals surface area contributed by atoms with Crippen molar-refractivity contribution in [2.45, 2.75) is 17.0 Å². The summed E-state index contributed by atoms with van der Waals surface area (Å²) >= 11 is 1.29. The lowest BCUT2D eigenvalue weighted by Crippen LogP contribution is -2.05. The molecule has 0 atom stereocenters. The number of pyridine rings is 1. The number of benzene rings is 1. The van der Waals surface area contributed by atoms with Gasteiger partial charge in [-0.15, -0.1) is 11.8 Å². The highest BCUT2D eigenvalue weighted by atomic mass is 32.2. The Labute approximate surface area is 107 Å². The van der Waals surface area contributed by atoms with Crippen molar-refractivity contribution >= 4 is 11.8 Å². The third kappa shape index (κ3) is 3.50. The van der Waals surface area contributed by atoms with Crippen LogP contribution in [-0.4, -0.2) is 4.98 Å². The Kier molecular flexibility index (Phi) is 3.91. The molecule has 18 heavy (non-hydrogen) atoms. The van der Waals surface area contributed by atoms with E-state index in [1.807, 2.05) is 30.3 Å². The van der Waals surface area contributed by atoms with Gasteiger partial charge in [0, 0.05) is 11.9 Å². The lowest BCUT2D eigenvalue weighted by atomic mass is 10.2. The van der Waals surface area contributed by atoms with Crippen LogP contribution in [0.2, 0.25) is 0 Å². The molecule has 0 aliphatic rings. The molecular weight excluding hydrogens is 259 g/mol. The Balaban J connectivity index is 2.06. The van der Waals surface area contributed by atoms with Crippen LogP contribution in [0.5, 0.6) is 0 Å². The zero-order valence-electron chi connectivity index (χ0n) is 9.32. The van der Waals surface area contributed by atoms with Crippen molar-refractivity contribution < 1.29 is 13.2 Å². The first-order valence-electron chi connectivity index (χ1n) is 5.26. The largest absolute Gasteiger partial charge is 0.416 e. The van der Waals surface area contributed by atoms with Gasteiger partial charge in [0.05, 0.1) is 10.6 Å². The lowest BCUT2D eigenvalue weighted by molar-refractivity contribution is -0.137. The maximum absolute atomic E-state index is 12.5. The molecule has 0 saturated carbocycles. The van der Waals surface area contributed by atoms with E-state index in [9.17, 15) is 13.2 Å². The van der Waals surface area contributed by atoms with Crippen molar-refractivity contribution in [2.24, 2.45) is 0 Å². The summed E-state index contributed by atoms with van der Waals surface area (Å²) in [5.41, 5.74) is 0.398. The van der Waals surface area contributed by atoms with Gasteiger partial charge >= 0.3 is 6.18 Å². The van der Waals surface area contributed by atoms with Gasteiger partial charge in [-0.2, -0.15) is 13.2 Å². The molecule has 1 aromatic heterocycles. The van der Waals surface area contributed by atoms with Gasteiger partial charge in [-0.05, 0) is 17.7 Å². The van der Waals surface area contributed by atoms with Crippen molar-refractivity contribution in [3.63, 3.8) is 0 Å². The number of aromatic nitrogens is 1. The predicted molar refractivity (Wildman–Crippen MR) is 65.2 cm³/mol. The second-order valence-corrected chi connectivity index (χ2v) is 4.65. The average Bonchev–Trinajstić information content (AvgIpc) is 2.37. The van der Waals surface area contributed by atoms with Crippen molar-refractivity contribution in [3.05, 3.63) is 59.8 Å². The molecule has 0 saturated heterocycles. The van der Waals surface area contributed by atoms with E-state index >= 15 is 0 Å². The number of hydrogen-bond donors (Lipinski definition) is 0. The van der Waals surface area contributed by atoms with Gasteiger partial charge in [0.25, 0.3) is 0 Å².